The molecule has 7 heteroatoms. The Morgan fingerprint density at radius 2 is 1.76 bits per heavy atom. The Balaban J connectivity index is 1.69. The summed E-state index contributed by atoms with van der Waals surface area (Å²) in [6.07, 6.45) is 5.99. The molecule has 1 atom stereocenters. The van der Waals surface area contributed by atoms with Crippen LogP contribution < -0.4 is 5.32 Å². The molecule has 1 aromatic rings. The molecule has 1 saturated heterocycles. The van der Waals surface area contributed by atoms with Crippen molar-refractivity contribution >= 4 is 37.4 Å². The summed E-state index contributed by atoms with van der Waals surface area (Å²) < 4.78 is 24.8. The third kappa shape index (κ3) is 4.97. The van der Waals surface area contributed by atoms with E-state index in [1.807, 2.05) is 29.2 Å². The quantitative estimate of drug-likeness (QED) is 0.781. The minimum Gasteiger partial charge on any atom is -0.376 e. The molecule has 2 fully saturated rings. The third-order valence-electron chi connectivity index (χ3n) is 5.15. The van der Waals surface area contributed by atoms with E-state index in [0.29, 0.717) is 6.42 Å². The molecule has 5 nitrogen and oxygen atoms in total. The first-order valence-corrected chi connectivity index (χ1v) is 11.6. The van der Waals surface area contributed by atoms with Crippen molar-refractivity contribution in [3.63, 3.8) is 0 Å². The van der Waals surface area contributed by atoms with Gasteiger partial charge in [0, 0.05) is 22.2 Å². The number of carbonyl (C=O) groups is 1. The van der Waals surface area contributed by atoms with Crippen molar-refractivity contribution in [1.82, 2.24) is 4.90 Å². The van der Waals surface area contributed by atoms with Gasteiger partial charge in [0.2, 0.25) is 5.91 Å². The SMILES string of the molecule is O=C(CNc1ccc(Br)cc1)N(C1CCCCC1)C1CCS(=O)(=O)C1. The molecule has 0 spiro atoms. The fourth-order valence-corrected chi connectivity index (χ4v) is 5.87. The monoisotopic (exact) mass is 428 g/mol. The lowest BCUT2D eigenvalue weighted by atomic mass is 9.93. The molecule has 1 heterocycles. The Hall–Kier alpha value is -1.08. The number of rotatable bonds is 5. The van der Waals surface area contributed by atoms with Crippen molar-refractivity contribution in [3.8, 4) is 0 Å². The Morgan fingerprint density at radius 3 is 2.36 bits per heavy atom. The summed E-state index contributed by atoms with van der Waals surface area (Å²) >= 11 is 3.40. The molecule has 2 aliphatic rings. The number of benzene rings is 1. The first kappa shape index (κ1) is 18.7. The van der Waals surface area contributed by atoms with Gasteiger partial charge in [-0.15, -0.1) is 0 Å². The van der Waals surface area contributed by atoms with Crippen molar-refractivity contribution in [2.45, 2.75) is 50.6 Å². The van der Waals surface area contributed by atoms with Gasteiger partial charge in [0.05, 0.1) is 18.1 Å². The number of nitrogens with zero attached hydrogens (tertiary/aromatic N) is 1. The van der Waals surface area contributed by atoms with E-state index in [1.54, 1.807) is 0 Å². The van der Waals surface area contributed by atoms with Gasteiger partial charge in [-0.1, -0.05) is 35.2 Å². The van der Waals surface area contributed by atoms with Crippen molar-refractivity contribution in [2.75, 3.05) is 23.4 Å². The molecule has 1 saturated carbocycles. The smallest absolute Gasteiger partial charge is 0.242 e. The zero-order chi connectivity index (χ0) is 17.9. The highest BCUT2D eigenvalue weighted by atomic mass is 79.9. The van der Waals surface area contributed by atoms with E-state index < -0.39 is 9.84 Å². The van der Waals surface area contributed by atoms with Crippen LogP contribution in [0.3, 0.4) is 0 Å². The zero-order valence-corrected chi connectivity index (χ0v) is 16.7. The molecule has 1 amide bonds. The maximum absolute atomic E-state index is 12.9. The van der Waals surface area contributed by atoms with Crippen molar-refractivity contribution in [1.29, 1.82) is 0 Å². The largest absolute Gasteiger partial charge is 0.376 e. The summed E-state index contributed by atoms with van der Waals surface area (Å²) in [6.45, 7) is 0.203. The molecule has 0 radical (unpaired) electrons. The molecule has 3 rings (SSSR count). The number of halogens is 1. The van der Waals surface area contributed by atoms with Crippen LogP contribution in [0.25, 0.3) is 0 Å². The normalized spacial score (nSPS) is 23.3. The van der Waals surface area contributed by atoms with E-state index in [0.717, 1.165) is 35.8 Å². The molecule has 1 aliphatic carbocycles. The summed E-state index contributed by atoms with van der Waals surface area (Å²) in [4.78, 5) is 14.8. The summed E-state index contributed by atoms with van der Waals surface area (Å²) in [5, 5.41) is 3.17. The Labute approximate surface area is 158 Å². The summed E-state index contributed by atoms with van der Waals surface area (Å²) in [7, 11) is -3.00. The van der Waals surface area contributed by atoms with E-state index in [1.165, 1.54) is 6.42 Å². The molecule has 0 aromatic heterocycles. The van der Waals surface area contributed by atoms with Crippen LogP contribution in [-0.2, 0) is 14.6 Å². The van der Waals surface area contributed by atoms with Gasteiger partial charge >= 0.3 is 0 Å². The third-order valence-corrected chi connectivity index (χ3v) is 7.42. The first-order chi connectivity index (χ1) is 11.9. The average molecular weight is 429 g/mol. The molecule has 25 heavy (non-hydrogen) atoms. The predicted molar refractivity (Wildman–Crippen MR) is 103 cm³/mol. The predicted octanol–water partition coefficient (Wildman–Crippen LogP) is 3.21. The standard InChI is InChI=1S/C18H25BrN2O3S/c19-14-6-8-15(9-7-14)20-12-18(22)21(16-4-2-1-3-5-16)17-10-11-25(23,24)13-17/h6-9,16-17,20H,1-5,10-13H2. The number of anilines is 1. The Morgan fingerprint density at radius 1 is 1.08 bits per heavy atom. The van der Waals surface area contributed by atoms with E-state index >= 15 is 0 Å². The number of nitrogens with one attached hydrogen (secondary N) is 1. The second-order valence-electron chi connectivity index (χ2n) is 7.01. The van der Waals surface area contributed by atoms with Crippen LogP contribution in [0.15, 0.2) is 28.7 Å². The van der Waals surface area contributed by atoms with Crippen LogP contribution in [0.5, 0.6) is 0 Å². The van der Waals surface area contributed by atoms with E-state index in [9.17, 15) is 13.2 Å². The van der Waals surface area contributed by atoms with Gasteiger partial charge in [-0.2, -0.15) is 0 Å². The lowest BCUT2D eigenvalue weighted by molar-refractivity contribution is -0.134. The second kappa shape index (κ2) is 8.08. The van der Waals surface area contributed by atoms with Gasteiger partial charge in [-0.05, 0) is 43.5 Å². The summed E-state index contributed by atoms with van der Waals surface area (Å²) in [5.41, 5.74) is 0.888. The number of sulfone groups is 1. The molecule has 1 aromatic carbocycles. The lowest BCUT2D eigenvalue weighted by Gasteiger charge is -2.38. The van der Waals surface area contributed by atoms with Gasteiger partial charge in [0.25, 0.3) is 0 Å². The molecular weight excluding hydrogens is 404 g/mol. The second-order valence-corrected chi connectivity index (χ2v) is 10.2. The van der Waals surface area contributed by atoms with Crippen molar-refractivity contribution in [3.05, 3.63) is 28.7 Å². The highest BCUT2D eigenvalue weighted by Crippen LogP contribution is 2.28. The summed E-state index contributed by atoms with van der Waals surface area (Å²) in [5.74, 6) is 0.332. The first-order valence-electron chi connectivity index (χ1n) is 8.96. The fraction of sp³-hybridized carbons (Fsp3) is 0.611. The molecular formula is C18H25BrN2O3S. The highest BCUT2D eigenvalue weighted by molar-refractivity contribution is 9.10. The maximum atomic E-state index is 12.9. The number of carbonyl (C=O) groups excluding carboxylic acids is 1. The molecule has 1 unspecified atom stereocenters. The average Bonchev–Trinajstić information content (AvgIpc) is 2.95. The lowest BCUT2D eigenvalue weighted by Crippen LogP contribution is -2.50. The topological polar surface area (TPSA) is 66.5 Å². The van der Waals surface area contributed by atoms with Gasteiger partial charge in [0.15, 0.2) is 9.84 Å². The van der Waals surface area contributed by atoms with Crippen LogP contribution in [0.4, 0.5) is 5.69 Å². The fourth-order valence-electron chi connectivity index (χ4n) is 3.90. The van der Waals surface area contributed by atoms with Crippen molar-refractivity contribution < 1.29 is 13.2 Å². The number of amides is 1. The van der Waals surface area contributed by atoms with E-state index in [2.05, 4.69) is 21.2 Å². The zero-order valence-electron chi connectivity index (χ0n) is 14.3. The Kier molecular flexibility index (Phi) is 6.04. The number of hydrogen-bond acceptors (Lipinski definition) is 4. The van der Waals surface area contributed by atoms with Crippen LogP contribution in [-0.4, -0.2) is 49.4 Å². The number of hydrogen-bond donors (Lipinski definition) is 1. The van der Waals surface area contributed by atoms with E-state index in [4.69, 9.17) is 0 Å². The van der Waals surface area contributed by atoms with Gasteiger partial charge in [-0.25, -0.2) is 8.42 Å². The van der Waals surface area contributed by atoms with Crippen LogP contribution in [0.2, 0.25) is 0 Å². The van der Waals surface area contributed by atoms with Crippen LogP contribution in [0.1, 0.15) is 38.5 Å². The van der Waals surface area contributed by atoms with Gasteiger partial charge in [0.1, 0.15) is 0 Å². The summed E-state index contributed by atoms with van der Waals surface area (Å²) in [6, 6.07) is 7.72. The highest BCUT2D eigenvalue weighted by Gasteiger charge is 2.38. The van der Waals surface area contributed by atoms with Crippen LogP contribution in [0, 0.1) is 0 Å². The minimum absolute atomic E-state index is 0.0110. The minimum atomic E-state index is -3.00. The van der Waals surface area contributed by atoms with Gasteiger partial charge in [-0.3, -0.25) is 4.79 Å². The molecule has 138 valence electrons. The van der Waals surface area contributed by atoms with Crippen LogP contribution >= 0.6 is 15.9 Å². The van der Waals surface area contributed by atoms with Gasteiger partial charge < -0.3 is 10.2 Å². The van der Waals surface area contributed by atoms with E-state index in [-0.39, 0.29) is 36.0 Å². The molecule has 1 N–H and O–H groups in total. The Bertz CT molecular complexity index is 700. The molecule has 1 aliphatic heterocycles. The molecule has 0 bridgehead atoms. The maximum Gasteiger partial charge on any atom is 0.242 e. The van der Waals surface area contributed by atoms with Crippen molar-refractivity contribution in [2.24, 2.45) is 0 Å².